The fraction of sp³-hybridized carbons (Fsp3) is 0.167. The van der Waals surface area contributed by atoms with Crippen molar-refractivity contribution in [3.8, 4) is 0 Å². The van der Waals surface area contributed by atoms with Crippen molar-refractivity contribution in [1.82, 2.24) is 4.90 Å². The van der Waals surface area contributed by atoms with E-state index in [0.717, 1.165) is 24.3 Å². The van der Waals surface area contributed by atoms with Crippen LogP contribution in [0.4, 0.5) is 5.69 Å². The minimum absolute atomic E-state index is 0.687. The van der Waals surface area contributed by atoms with Gasteiger partial charge in [0.15, 0.2) is 0 Å². The lowest BCUT2D eigenvalue weighted by Gasteiger charge is -2.20. The van der Waals surface area contributed by atoms with Gasteiger partial charge in [-0.15, -0.1) is 0 Å². The summed E-state index contributed by atoms with van der Waals surface area (Å²) in [7, 11) is 0. The number of amides is 1. The number of carbonyl (C=O) groups excluding carboxylic acids is 1. The van der Waals surface area contributed by atoms with Crippen molar-refractivity contribution in [3.05, 3.63) is 42.2 Å². The molecule has 1 aromatic rings. The van der Waals surface area contributed by atoms with E-state index in [9.17, 15) is 4.79 Å². The molecular weight excluding hydrogens is 202 g/mol. The lowest BCUT2D eigenvalue weighted by molar-refractivity contribution is -0.105. The second-order valence-electron chi connectivity index (χ2n) is 3.52. The van der Waals surface area contributed by atoms with E-state index in [1.165, 1.54) is 0 Å². The summed E-state index contributed by atoms with van der Waals surface area (Å²) in [5, 5.41) is 2.64. The number of hydrogen-bond donors (Lipinski definition) is 1. The smallest absolute Gasteiger partial charge is 0.211 e. The molecule has 2 rings (SSSR count). The fourth-order valence-electron chi connectivity index (χ4n) is 1.59. The average molecular weight is 215 g/mol. The molecule has 0 aliphatic carbocycles. The van der Waals surface area contributed by atoms with Crippen LogP contribution in [0.1, 0.15) is 5.56 Å². The predicted molar refractivity (Wildman–Crippen MR) is 64.2 cm³/mol. The van der Waals surface area contributed by atoms with E-state index in [4.69, 9.17) is 0 Å². The first-order chi connectivity index (χ1) is 7.88. The number of benzene rings is 1. The van der Waals surface area contributed by atoms with Crippen LogP contribution in [0.25, 0.3) is 0 Å². The summed E-state index contributed by atoms with van der Waals surface area (Å²) in [4.78, 5) is 16.5. The van der Waals surface area contributed by atoms with E-state index in [0.29, 0.717) is 6.41 Å². The Morgan fingerprint density at radius 2 is 2.44 bits per heavy atom. The van der Waals surface area contributed by atoms with E-state index in [1.807, 2.05) is 36.7 Å². The van der Waals surface area contributed by atoms with Gasteiger partial charge >= 0.3 is 0 Å². The highest BCUT2D eigenvalue weighted by Crippen LogP contribution is 2.12. The molecule has 82 valence electrons. The molecular formula is C12H13N3O. The summed E-state index contributed by atoms with van der Waals surface area (Å²) in [6.07, 6.45) is 6.29. The van der Waals surface area contributed by atoms with Gasteiger partial charge in [0.25, 0.3) is 0 Å². The van der Waals surface area contributed by atoms with Crippen LogP contribution < -0.4 is 5.32 Å². The molecule has 1 aliphatic rings. The van der Waals surface area contributed by atoms with Crippen LogP contribution in [0, 0.1) is 0 Å². The molecule has 0 bridgehead atoms. The molecule has 1 amide bonds. The quantitative estimate of drug-likeness (QED) is 0.775. The molecule has 1 aromatic carbocycles. The summed E-state index contributed by atoms with van der Waals surface area (Å²) in [6, 6.07) is 7.80. The minimum atomic E-state index is 0.687. The van der Waals surface area contributed by atoms with E-state index < -0.39 is 0 Å². The van der Waals surface area contributed by atoms with Gasteiger partial charge in [0.05, 0.1) is 6.54 Å². The van der Waals surface area contributed by atoms with Gasteiger partial charge in [-0.25, -0.2) is 0 Å². The van der Waals surface area contributed by atoms with Crippen molar-refractivity contribution < 1.29 is 4.79 Å². The van der Waals surface area contributed by atoms with Gasteiger partial charge in [0.2, 0.25) is 6.41 Å². The zero-order valence-corrected chi connectivity index (χ0v) is 8.84. The number of anilines is 1. The Morgan fingerprint density at radius 1 is 1.50 bits per heavy atom. The third kappa shape index (κ3) is 2.70. The summed E-state index contributed by atoms with van der Waals surface area (Å²) < 4.78 is 0. The molecule has 0 saturated heterocycles. The molecule has 4 heteroatoms. The van der Waals surface area contributed by atoms with E-state index in [1.54, 1.807) is 6.20 Å². The van der Waals surface area contributed by atoms with E-state index in [-0.39, 0.29) is 0 Å². The van der Waals surface area contributed by atoms with E-state index >= 15 is 0 Å². The summed E-state index contributed by atoms with van der Waals surface area (Å²) in [6.45, 7) is 1.64. The van der Waals surface area contributed by atoms with Gasteiger partial charge in [-0.3, -0.25) is 9.79 Å². The van der Waals surface area contributed by atoms with Crippen molar-refractivity contribution in [3.63, 3.8) is 0 Å². The van der Waals surface area contributed by atoms with Crippen LogP contribution in [0.15, 0.2) is 41.7 Å². The van der Waals surface area contributed by atoms with Crippen LogP contribution in [0.3, 0.4) is 0 Å². The molecule has 0 saturated carbocycles. The van der Waals surface area contributed by atoms with Gasteiger partial charge < -0.3 is 10.2 Å². The molecule has 0 aromatic heterocycles. The number of nitrogens with one attached hydrogen (secondary N) is 1. The van der Waals surface area contributed by atoms with Crippen LogP contribution in [0.2, 0.25) is 0 Å². The predicted octanol–water partition coefficient (Wildman–Crippen LogP) is 1.61. The van der Waals surface area contributed by atoms with Crippen molar-refractivity contribution in [1.29, 1.82) is 0 Å². The third-order valence-corrected chi connectivity index (χ3v) is 2.32. The zero-order chi connectivity index (χ0) is 11.2. The second kappa shape index (κ2) is 5.11. The number of carbonyl (C=O) groups is 1. The Kier molecular flexibility index (Phi) is 3.33. The Bertz CT molecular complexity index is 426. The van der Waals surface area contributed by atoms with Crippen LogP contribution >= 0.6 is 0 Å². The lowest BCUT2D eigenvalue weighted by atomic mass is 10.2. The number of nitrogens with zero attached hydrogens (tertiary/aromatic N) is 2. The molecule has 0 radical (unpaired) electrons. The van der Waals surface area contributed by atoms with Gasteiger partial charge in [-0.1, -0.05) is 12.1 Å². The maximum absolute atomic E-state index is 10.3. The van der Waals surface area contributed by atoms with Gasteiger partial charge in [-0.05, 0) is 17.7 Å². The fourth-order valence-corrected chi connectivity index (χ4v) is 1.59. The van der Waals surface area contributed by atoms with Crippen LogP contribution in [0.5, 0.6) is 0 Å². The number of hydrogen-bond acceptors (Lipinski definition) is 3. The number of rotatable bonds is 4. The Labute approximate surface area is 94.3 Å². The molecule has 1 heterocycles. The Morgan fingerprint density at radius 3 is 3.19 bits per heavy atom. The maximum Gasteiger partial charge on any atom is 0.211 e. The Balaban J connectivity index is 2.03. The monoisotopic (exact) mass is 215 g/mol. The zero-order valence-electron chi connectivity index (χ0n) is 8.84. The molecule has 0 atom stereocenters. The van der Waals surface area contributed by atoms with Crippen molar-refractivity contribution in [2.75, 3.05) is 11.9 Å². The SMILES string of the molecule is O=CNc1cccc(CN2C=CN=CC2)c1. The van der Waals surface area contributed by atoms with E-state index in [2.05, 4.69) is 15.2 Å². The first-order valence-electron chi connectivity index (χ1n) is 5.10. The molecule has 1 N–H and O–H groups in total. The highest BCUT2D eigenvalue weighted by atomic mass is 16.1. The first-order valence-corrected chi connectivity index (χ1v) is 5.10. The molecule has 0 fully saturated rings. The molecule has 0 unspecified atom stereocenters. The standard InChI is InChI=1S/C12H13N3O/c16-10-14-12-3-1-2-11(8-12)9-15-6-4-13-5-7-15/h1-6,8,10H,7,9H2,(H,14,16). The Hall–Kier alpha value is -2.10. The van der Waals surface area contributed by atoms with Crippen LogP contribution in [-0.2, 0) is 11.3 Å². The first kappa shape index (κ1) is 10.4. The van der Waals surface area contributed by atoms with Crippen molar-refractivity contribution in [2.45, 2.75) is 6.54 Å². The highest BCUT2D eigenvalue weighted by Gasteiger charge is 2.02. The highest BCUT2D eigenvalue weighted by molar-refractivity contribution is 5.71. The largest absolute Gasteiger partial charge is 0.367 e. The molecule has 1 aliphatic heterocycles. The summed E-state index contributed by atoms with van der Waals surface area (Å²) >= 11 is 0. The van der Waals surface area contributed by atoms with Gasteiger partial charge in [-0.2, -0.15) is 0 Å². The minimum Gasteiger partial charge on any atom is -0.367 e. The van der Waals surface area contributed by atoms with Crippen molar-refractivity contribution in [2.24, 2.45) is 4.99 Å². The normalized spacial score (nSPS) is 13.9. The van der Waals surface area contributed by atoms with Crippen LogP contribution in [-0.4, -0.2) is 24.1 Å². The molecule has 16 heavy (non-hydrogen) atoms. The lowest BCUT2D eigenvalue weighted by Crippen LogP contribution is -2.20. The molecule has 4 nitrogen and oxygen atoms in total. The number of aliphatic imine (C=N–C) groups is 1. The maximum atomic E-state index is 10.3. The van der Waals surface area contributed by atoms with Gasteiger partial charge in [0, 0.05) is 30.8 Å². The van der Waals surface area contributed by atoms with Crippen molar-refractivity contribution >= 4 is 18.3 Å². The van der Waals surface area contributed by atoms with Gasteiger partial charge in [0.1, 0.15) is 0 Å². The topological polar surface area (TPSA) is 44.7 Å². The third-order valence-electron chi connectivity index (χ3n) is 2.32. The second-order valence-corrected chi connectivity index (χ2v) is 3.52. The summed E-state index contributed by atoms with van der Waals surface area (Å²) in [5.41, 5.74) is 1.98. The average Bonchev–Trinajstić information content (AvgIpc) is 2.31. The summed E-state index contributed by atoms with van der Waals surface area (Å²) in [5.74, 6) is 0. The molecule has 0 spiro atoms.